The number of carboxylic acids is 1. The molecule has 1 aromatic heterocycles. The molecule has 5 heteroatoms. The van der Waals surface area contributed by atoms with Crippen LogP contribution < -0.4 is 4.90 Å². The highest BCUT2D eigenvalue weighted by atomic mass is 16.4. The number of anilines is 1. The lowest BCUT2D eigenvalue weighted by Crippen LogP contribution is -2.23. The van der Waals surface area contributed by atoms with Gasteiger partial charge >= 0.3 is 5.97 Å². The normalized spacial score (nSPS) is 9.73. The standard InChI is InChI=1S/C10H13N3O2/c1-7(2)6-13(3)9-8(10(14)15)11-4-5-12-9/h4-5H,1,6H2,2-3H3,(H,14,15). The lowest BCUT2D eigenvalue weighted by molar-refractivity contribution is 0.0691. The quantitative estimate of drug-likeness (QED) is 0.751. The molecule has 0 bridgehead atoms. The van der Waals surface area contributed by atoms with Crippen molar-refractivity contribution in [2.24, 2.45) is 0 Å². The molecular formula is C10H13N3O2. The molecule has 0 fully saturated rings. The predicted octanol–water partition coefficient (Wildman–Crippen LogP) is 1.19. The first-order valence-electron chi connectivity index (χ1n) is 4.42. The smallest absolute Gasteiger partial charge is 0.358 e. The minimum atomic E-state index is -1.08. The fourth-order valence-electron chi connectivity index (χ4n) is 1.24. The van der Waals surface area contributed by atoms with Crippen molar-refractivity contribution in [1.29, 1.82) is 0 Å². The number of rotatable bonds is 4. The number of carbonyl (C=O) groups is 1. The van der Waals surface area contributed by atoms with Gasteiger partial charge in [-0.3, -0.25) is 0 Å². The molecule has 1 aromatic rings. The highest BCUT2D eigenvalue weighted by molar-refractivity contribution is 5.90. The molecule has 0 amide bonds. The van der Waals surface area contributed by atoms with Crippen LogP contribution in [0.25, 0.3) is 0 Å². The van der Waals surface area contributed by atoms with Gasteiger partial charge in [-0.15, -0.1) is 0 Å². The summed E-state index contributed by atoms with van der Waals surface area (Å²) in [6, 6.07) is 0. The summed E-state index contributed by atoms with van der Waals surface area (Å²) in [5.74, 6) is -0.723. The number of hydrogen-bond acceptors (Lipinski definition) is 4. The summed E-state index contributed by atoms with van der Waals surface area (Å²) in [7, 11) is 1.76. The monoisotopic (exact) mass is 207 g/mol. The molecule has 0 radical (unpaired) electrons. The first kappa shape index (κ1) is 11.2. The molecule has 15 heavy (non-hydrogen) atoms. The lowest BCUT2D eigenvalue weighted by Gasteiger charge is -2.18. The van der Waals surface area contributed by atoms with Crippen LogP contribution in [-0.2, 0) is 0 Å². The number of nitrogens with zero attached hydrogens (tertiary/aromatic N) is 3. The van der Waals surface area contributed by atoms with Crippen LogP contribution in [0.5, 0.6) is 0 Å². The maximum atomic E-state index is 10.9. The molecule has 0 unspecified atom stereocenters. The minimum Gasteiger partial charge on any atom is -0.476 e. The van der Waals surface area contributed by atoms with E-state index >= 15 is 0 Å². The highest BCUT2D eigenvalue weighted by Gasteiger charge is 2.15. The molecule has 0 aliphatic rings. The van der Waals surface area contributed by atoms with Gasteiger partial charge in [0.15, 0.2) is 11.5 Å². The molecule has 5 nitrogen and oxygen atoms in total. The number of likely N-dealkylation sites (N-methyl/N-ethyl adjacent to an activating group) is 1. The summed E-state index contributed by atoms with van der Waals surface area (Å²) >= 11 is 0. The van der Waals surface area contributed by atoms with Crippen molar-refractivity contribution in [3.63, 3.8) is 0 Å². The van der Waals surface area contributed by atoms with Crippen molar-refractivity contribution in [1.82, 2.24) is 9.97 Å². The van der Waals surface area contributed by atoms with E-state index in [9.17, 15) is 4.79 Å². The number of aromatic carboxylic acids is 1. The first-order chi connectivity index (χ1) is 7.02. The van der Waals surface area contributed by atoms with E-state index in [2.05, 4.69) is 16.5 Å². The van der Waals surface area contributed by atoms with Crippen LogP contribution in [0, 0.1) is 0 Å². The highest BCUT2D eigenvalue weighted by Crippen LogP contribution is 2.13. The first-order valence-corrected chi connectivity index (χ1v) is 4.42. The predicted molar refractivity (Wildman–Crippen MR) is 57.1 cm³/mol. The van der Waals surface area contributed by atoms with Crippen LogP contribution in [0.2, 0.25) is 0 Å². The number of hydrogen-bond donors (Lipinski definition) is 1. The van der Waals surface area contributed by atoms with E-state index in [-0.39, 0.29) is 5.69 Å². The van der Waals surface area contributed by atoms with Gasteiger partial charge in [-0.05, 0) is 6.92 Å². The van der Waals surface area contributed by atoms with E-state index in [1.54, 1.807) is 11.9 Å². The van der Waals surface area contributed by atoms with Gasteiger partial charge in [-0.1, -0.05) is 12.2 Å². The lowest BCUT2D eigenvalue weighted by atomic mass is 10.3. The van der Waals surface area contributed by atoms with Crippen LogP contribution in [0.3, 0.4) is 0 Å². The second-order valence-electron chi connectivity index (χ2n) is 3.35. The second-order valence-corrected chi connectivity index (χ2v) is 3.35. The van der Waals surface area contributed by atoms with E-state index in [1.807, 2.05) is 6.92 Å². The Bertz CT molecular complexity index is 390. The molecular weight excluding hydrogens is 194 g/mol. The average molecular weight is 207 g/mol. The summed E-state index contributed by atoms with van der Waals surface area (Å²) in [5.41, 5.74) is 0.890. The Balaban J connectivity index is 3.02. The topological polar surface area (TPSA) is 66.3 Å². The molecule has 1 N–H and O–H groups in total. The molecule has 0 spiro atoms. The SMILES string of the molecule is C=C(C)CN(C)c1nccnc1C(=O)O. The minimum absolute atomic E-state index is 0.0405. The van der Waals surface area contributed by atoms with Crippen LogP contribution >= 0.6 is 0 Å². The van der Waals surface area contributed by atoms with Crippen molar-refractivity contribution < 1.29 is 9.90 Å². The summed E-state index contributed by atoms with van der Waals surface area (Å²) in [6.45, 7) is 6.18. The Labute approximate surface area is 88.1 Å². The molecule has 0 aliphatic carbocycles. The third-order valence-corrected chi connectivity index (χ3v) is 1.75. The van der Waals surface area contributed by atoms with Gasteiger partial charge in [0.1, 0.15) is 0 Å². The Morgan fingerprint density at radius 2 is 2.13 bits per heavy atom. The largest absolute Gasteiger partial charge is 0.476 e. The number of aromatic nitrogens is 2. The van der Waals surface area contributed by atoms with Crippen LogP contribution in [0.1, 0.15) is 17.4 Å². The Morgan fingerprint density at radius 1 is 1.53 bits per heavy atom. The van der Waals surface area contributed by atoms with E-state index in [4.69, 9.17) is 5.11 Å². The van der Waals surface area contributed by atoms with Gasteiger partial charge in [0.2, 0.25) is 0 Å². The van der Waals surface area contributed by atoms with E-state index in [1.165, 1.54) is 12.4 Å². The Hall–Kier alpha value is -1.91. The average Bonchev–Trinajstić information content (AvgIpc) is 2.16. The van der Waals surface area contributed by atoms with Crippen molar-refractivity contribution in [3.05, 3.63) is 30.2 Å². The van der Waals surface area contributed by atoms with Gasteiger partial charge in [-0.25, -0.2) is 14.8 Å². The van der Waals surface area contributed by atoms with Crippen molar-refractivity contribution in [2.45, 2.75) is 6.92 Å². The molecule has 1 rings (SSSR count). The Kier molecular flexibility index (Phi) is 3.38. The zero-order chi connectivity index (χ0) is 11.4. The van der Waals surface area contributed by atoms with Gasteiger partial charge in [-0.2, -0.15) is 0 Å². The fraction of sp³-hybridized carbons (Fsp3) is 0.300. The summed E-state index contributed by atoms with van der Waals surface area (Å²) in [5, 5.41) is 8.90. The molecule has 1 heterocycles. The molecule has 0 saturated heterocycles. The second kappa shape index (κ2) is 4.54. The van der Waals surface area contributed by atoms with Gasteiger partial charge in [0, 0.05) is 26.0 Å². The molecule has 0 aromatic carbocycles. The van der Waals surface area contributed by atoms with Crippen molar-refractivity contribution in [2.75, 3.05) is 18.5 Å². The van der Waals surface area contributed by atoms with Crippen LogP contribution in [-0.4, -0.2) is 34.6 Å². The fourth-order valence-corrected chi connectivity index (χ4v) is 1.24. The van der Waals surface area contributed by atoms with Crippen LogP contribution in [0.4, 0.5) is 5.82 Å². The third kappa shape index (κ3) is 2.77. The molecule has 0 saturated carbocycles. The van der Waals surface area contributed by atoms with E-state index < -0.39 is 5.97 Å². The summed E-state index contributed by atoms with van der Waals surface area (Å²) in [4.78, 5) is 20.3. The van der Waals surface area contributed by atoms with Crippen molar-refractivity contribution in [3.8, 4) is 0 Å². The van der Waals surface area contributed by atoms with Gasteiger partial charge < -0.3 is 10.0 Å². The van der Waals surface area contributed by atoms with E-state index in [0.29, 0.717) is 12.4 Å². The van der Waals surface area contributed by atoms with Crippen molar-refractivity contribution >= 4 is 11.8 Å². The molecule has 80 valence electrons. The number of carboxylic acid groups (broad SMARTS) is 1. The zero-order valence-electron chi connectivity index (χ0n) is 8.77. The van der Waals surface area contributed by atoms with Gasteiger partial charge in [0.25, 0.3) is 0 Å². The summed E-state index contributed by atoms with van der Waals surface area (Å²) in [6.07, 6.45) is 2.83. The van der Waals surface area contributed by atoms with E-state index in [0.717, 1.165) is 5.57 Å². The molecule has 0 aliphatic heterocycles. The van der Waals surface area contributed by atoms with Crippen LogP contribution in [0.15, 0.2) is 24.5 Å². The summed E-state index contributed by atoms with van der Waals surface area (Å²) < 4.78 is 0. The maximum Gasteiger partial charge on any atom is 0.358 e. The Morgan fingerprint density at radius 3 is 2.67 bits per heavy atom. The molecule has 0 atom stereocenters. The maximum absolute atomic E-state index is 10.9. The van der Waals surface area contributed by atoms with Gasteiger partial charge in [0.05, 0.1) is 0 Å². The zero-order valence-corrected chi connectivity index (χ0v) is 8.77. The third-order valence-electron chi connectivity index (χ3n) is 1.75.